The maximum absolute atomic E-state index is 13.6. The lowest BCUT2D eigenvalue weighted by Crippen LogP contribution is -2.37. The van der Waals surface area contributed by atoms with Crippen molar-refractivity contribution < 1.29 is 19.2 Å². The smallest absolute Gasteiger partial charge is 0.266 e. The van der Waals surface area contributed by atoms with Crippen molar-refractivity contribution in [2.24, 2.45) is 5.92 Å². The number of ether oxygens (including phenoxy) is 1. The van der Waals surface area contributed by atoms with E-state index in [9.17, 15) is 9.59 Å². The lowest BCUT2D eigenvalue weighted by molar-refractivity contribution is -0.126. The summed E-state index contributed by atoms with van der Waals surface area (Å²) in [4.78, 5) is 36.4. The van der Waals surface area contributed by atoms with E-state index in [0.29, 0.717) is 11.4 Å². The molecule has 5 rings (SSSR count). The summed E-state index contributed by atoms with van der Waals surface area (Å²) in [7, 11) is 5.53. The van der Waals surface area contributed by atoms with E-state index in [4.69, 9.17) is 9.57 Å². The highest BCUT2D eigenvalue weighted by Gasteiger charge is 2.60. The van der Waals surface area contributed by atoms with Crippen LogP contribution in [0, 0.1) is 5.92 Å². The number of hydrogen-bond acceptors (Lipinski definition) is 6. The number of para-hydroxylation sites is 1. The average Bonchev–Trinajstić information content (AvgIpc) is 3.36. The van der Waals surface area contributed by atoms with Crippen LogP contribution in [0.1, 0.15) is 11.6 Å². The zero-order chi connectivity index (χ0) is 23.1. The molecule has 0 N–H and O–H groups in total. The summed E-state index contributed by atoms with van der Waals surface area (Å²) in [5.41, 5.74) is 3.27. The second-order valence-corrected chi connectivity index (χ2v) is 8.35. The first-order valence-electron chi connectivity index (χ1n) is 10.8. The number of nitrogens with zero attached hydrogens (tertiary/aromatic N) is 3. The molecule has 3 aromatic rings. The maximum Gasteiger partial charge on any atom is 0.266 e. The Kier molecular flexibility index (Phi) is 5.26. The fourth-order valence-electron chi connectivity index (χ4n) is 4.51. The minimum atomic E-state index is -0.890. The van der Waals surface area contributed by atoms with Gasteiger partial charge in [0.1, 0.15) is 11.7 Å². The van der Waals surface area contributed by atoms with Crippen molar-refractivity contribution in [3.05, 3.63) is 84.4 Å². The average molecular weight is 444 g/mol. The number of benzene rings is 3. The minimum absolute atomic E-state index is 0.268. The van der Waals surface area contributed by atoms with Crippen LogP contribution in [0.3, 0.4) is 0 Å². The molecule has 0 bridgehead atoms. The van der Waals surface area contributed by atoms with Gasteiger partial charge < -0.3 is 9.64 Å². The Morgan fingerprint density at radius 2 is 1.48 bits per heavy atom. The van der Waals surface area contributed by atoms with Crippen molar-refractivity contribution in [1.82, 2.24) is 0 Å². The quantitative estimate of drug-likeness (QED) is 0.559. The van der Waals surface area contributed by atoms with Gasteiger partial charge >= 0.3 is 0 Å². The van der Waals surface area contributed by atoms with Gasteiger partial charge in [-0.2, -0.15) is 0 Å². The Balaban J connectivity index is 1.55. The number of anilines is 3. The number of hydroxylamine groups is 1. The third-order valence-corrected chi connectivity index (χ3v) is 6.21. The molecule has 168 valence electrons. The van der Waals surface area contributed by atoms with Crippen molar-refractivity contribution in [3.8, 4) is 5.75 Å². The van der Waals surface area contributed by atoms with Gasteiger partial charge in [-0.1, -0.05) is 30.3 Å². The van der Waals surface area contributed by atoms with Gasteiger partial charge in [-0.05, 0) is 54.1 Å². The van der Waals surface area contributed by atoms with Crippen molar-refractivity contribution in [1.29, 1.82) is 0 Å². The first-order valence-corrected chi connectivity index (χ1v) is 10.8. The summed E-state index contributed by atoms with van der Waals surface area (Å²) in [6.07, 6.45) is -0.890. The fraction of sp³-hybridized carbons (Fsp3) is 0.231. The number of fused-ring (bicyclic) bond motifs is 1. The third-order valence-electron chi connectivity index (χ3n) is 6.21. The van der Waals surface area contributed by atoms with Gasteiger partial charge in [-0.3, -0.25) is 14.4 Å². The van der Waals surface area contributed by atoms with Crippen LogP contribution in [0.4, 0.5) is 17.1 Å². The number of rotatable bonds is 5. The lowest BCUT2D eigenvalue weighted by Gasteiger charge is -2.29. The molecule has 0 radical (unpaired) electrons. The first kappa shape index (κ1) is 21.0. The molecule has 0 saturated carbocycles. The predicted octanol–water partition coefficient (Wildman–Crippen LogP) is 3.81. The number of carbonyl (C=O) groups is 2. The summed E-state index contributed by atoms with van der Waals surface area (Å²) >= 11 is 0. The van der Waals surface area contributed by atoms with E-state index < -0.39 is 18.1 Å². The van der Waals surface area contributed by atoms with Crippen molar-refractivity contribution in [2.45, 2.75) is 12.1 Å². The summed E-state index contributed by atoms with van der Waals surface area (Å²) in [6.45, 7) is 0. The van der Waals surface area contributed by atoms with Gasteiger partial charge in [-0.25, -0.2) is 9.96 Å². The van der Waals surface area contributed by atoms with Crippen LogP contribution < -0.4 is 19.6 Å². The summed E-state index contributed by atoms with van der Waals surface area (Å²) in [5.74, 6) is -0.632. The molecule has 2 fully saturated rings. The molecule has 2 amide bonds. The normalized spacial score (nSPS) is 22.0. The molecule has 33 heavy (non-hydrogen) atoms. The molecule has 0 aromatic heterocycles. The van der Waals surface area contributed by atoms with Crippen molar-refractivity contribution in [2.75, 3.05) is 36.1 Å². The molecule has 7 nitrogen and oxygen atoms in total. The van der Waals surface area contributed by atoms with Gasteiger partial charge in [0.15, 0.2) is 6.10 Å². The second-order valence-electron chi connectivity index (χ2n) is 8.35. The van der Waals surface area contributed by atoms with Crippen LogP contribution in [0.2, 0.25) is 0 Å². The minimum Gasteiger partial charge on any atom is -0.497 e. The molecule has 0 aliphatic carbocycles. The Morgan fingerprint density at radius 1 is 0.818 bits per heavy atom. The maximum atomic E-state index is 13.6. The van der Waals surface area contributed by atoms with E-state index in [1.54, 1.807) is 36.4 Å². The monoisotopic (exact) mass is 443 g/mol. The second kappa shape index (κ2) is 8.26. The Bertz CT molecular complexity index is 1160. The van der Waals surface area contributed by atoms with Gasteiger partial charge in [0.2, 0.25) is 5.91 Å². The SMILES string of the molecule is COc1ccc(N2C(=O)[C@H]3[C@H](ON(c4ccccc4)[C@H]3c3ccc(N(C)C)cc3)C2=O)cc1. The van der Waals surface area contributed by atoms with E-state index in [-0.39, 0.29) is 11.8 Å². The highest BCUT2D eigenvalue weighted by Crippen LogP contribution is 2.47. The van der Waals surface area contributed by atoms with Crippen LogP contribution in [-0.4, -0.2) is 39.1 Å². The van der Waals surface area contributed by atoms with E-state index in [1.807, 2.05) is 73.6 Å². The molecule has 0 unspecified atom stereocenters. The van der Waals surface area contributed by atoms with Gasteiger partial charge in [0, 0.05) is 19.8 Å². The number of imide groups is 1. The van der Waals surface area contributed by atoms with Crippen molar-refractivity contribution >= 4 is 28.9 Å². The van der Waals surface area contributed by atoms with Gasteiger partial charge in [-0.15, -0.1) is 0 Å². The van der Waals surface area contributed by atoms with Crippen LogP contribution in [0.15, 0.2) is 78.9 Å². The Hall–Kier alpha value is -3.84. The molecule has 3 aromatic carbocycles. The largest absolute Gasteiger partial charge is 0.497 e. The standard InChI is InChI=1S/C26H25N3O4/c1-27(2)18-11-9-17(10-12-18)23-22-24(33-29(23)20-7-5-4-6-8-20)26(31)28(25(22)30)19-13-15-21(32-3)16-14-19/h4-16,22-24H,1-3H3/t22-,23+,24+/m1/s1. The highest BCUT2D eigenvalue weighted by atomic mass is 16.7. The number of hydrogen-bond donors (Lipinski definition) is 0. The van der Waals surface area contributed by atoms with Gasteiger partial charge in [0.25, 0.3) is 5.91 Å². The van der Waals surface area contributed by atoms with Gasteiger partial charge in [0.05, 0.1) is 24.5 Å². The van der Waals surface area contributed by atoms with E-state index in [0.717, 1.165) is 16.9 Å². The first-order chi connectivity index (χ1) is 16.0. The summed E-state index contributed by atoms with van der Waals surface area (Å²) in [6, 6.07) is 24.0. The van der Waals surface area contributed by atoms with Crippen LogP contribution in [0.25, 0.3) is 0 Å². The number of methoxy groups -OCH3 is 1. The predicted molar refractivity (Wildman–Crippen MR) is 126 cm³/mol. The molecule has 2 heterocycles. The van der Waals surface area contributed by atoms with Crippen LogP contribution in [-0.2, 0) is 14.4 Å². The fourth-order valence-corrected chi connectivity index (χ4v) is 4.51. The summed E-state index contributed by atoms with van der Waals surface area (Å²) < 4.78 is 5.20. The third kappa shape index (κ3) is 3.50. The number of carbonyl (C=O) groups excluding carboxylic acids is 2. The molecule has 2 aliphatic rings. The topological polar surface area (TPSA) is 62.3 Å². The van der Waals surface area contributed by atoms with Crippen LogP contribution >= 0.6 is 0 Å². The van der Waals surface area contributed by atoms with E-state index in [1.165, 1.54) is 4.90 Å². The Morgan fingerprint density at radius 3 is 2.09 bits per heavy atom. The molecule has 2 aliphatic heterocycles. The highest BCUT2D eigenvalue weighted by molar-refractivity contribution is 6.23. The summed E-state index contributed by atoms with van der Waals surface area (Å²) in [5, 5.41) is 1.71. The molecular formula is C26H25N3O4. The molecular weight excluding hydrogens is 418 g/mol. The van der Waals surface area contributed by atoms with Crippen molar-refractivity contribution in [3.63, 3.8) is 0 Å². The molecule has 7 heteroatoms. The van der Waals surface area contributed by atoms with Crippen LogP contribution in [0.5, 0.6) is 5.75 Å². The zero-order valence-electron chi connectivity index (χ0n) is 18.7. The van der Waals surface area contributed by atoms with E-state index in [2.05, 4.69) is 0 Å². The molecule has 2 saturated heterocycles. The van der Waals surface area contributed by atoms with E-state index >= 15 is 0 Å². The molecule has 3 atom stereocenters. The molecule has 0 spiro atoms. The lowest BCUT2D eigenvalue weighted by atomic mass is 9.90. The Labute approximate surface area is 192 Å². The zero-order valence-corrected chi connectivity index (χ0v) is 18.7. The number of amides is 2.